The highest BCUT2D eigenvalue weighted by atomic mass is 32.2. The van der Waals surface area contributed by atoms with Crippen LogP contribution in [-0.2, 0) is 4.79 Å². The number of thioether (sulfide) groups is 1. The summed E-state index contributed by atoms with van der Waals surface area (Å²) in [6.45, 7) is 0. The fraction of sp³-hybridized carbons (Fsp3) is 0.364. The Morgan fingerprint density at radius 3 is 2.40 bits per heavy atom. The van der Waals surface area contributed by atoms with Crippen molar-refractivity contribution in [2.45, 2.75) is 6.42 Å². The maximum absolute atomic E-state index is 11.4. The smallest absolute Gasteiger partial charge is 0.225 e. The van der Waals surface area contributed by atoms with Crippen molar-refractivity contribution < 1.29 is 4.79 Å². The normalized spacial score (nSPS) is 9.73. The van der Waals surface area contributed by atoms with Crippen molar-refractivity contribution in [2.24, 2.45) is 0 Å². The molecule has 0 fully saturated rings. The molecule has 0 bridgehead atoms. The van der Waals surface area contributed by atoms with E-state index in [2.05, 4.69) is 10.6 Å². The minimum atomic E-state index is 0.0709. The van der Waals surface area contributed by atoms with E-state index in [0.717, 1.165) is 17.1 Å². The van der Waals surface area contributed by atoms with Gasteiger partial charge in [-0.1, -0.05) is 0 Å². The van der Waals surface area contributed by atoms with Gasteiger partial charge in [0, 0.05) is 30.6 Å². The van der Waals surface area contributed by atoms with Gasteiger partial charge in [0.2, 0.25) is 5.91 Å². The molecule has 0 saturated carbocycles. The van der Waals surface area contributed by atoms with Crippen LogP contribution in [0.15, 0.2) is 24.3 Å². The van der Waals surface area contributed by atoms with Crippen LogP contribution in [0.2, 0.25) is 0 Å². The molecule has 0 aliphatic heterocycles. The van der Waals surface area contributed by atoms with E-state index < -0.39 is 0 Å². The van der Waals surface area contributed by atoms with Gasteiger partial charge in [0.1, 0.15) is 0 Å². The van der Waals surface area contributed by atoms with Crippen LogP contribution in [-0.4, -0.2) is 25.0 Å². The van der Waals surface area contributed by atoms with Gasteiger partial charge in [0.05, 0.1) is 0 Å². The lowest BCUT2D eigenvalue weighted by Crippen LogP contribution is -2.11. The molecule has 2 N–H and O–H groups in total. The third kappa shape index (κ3) is 4.25. The van der Waals surface area contributed by atoms with E-state index in [1.54, 1.807) is 11.8 Å². The largest absolute Gasteiger partial charge is 0.388 e. The van der Waals surface area contributed by atoms with Crippen molar-refractivity contribution in [3.63, 3.8) is 0 Å². The van der Waals surface area contributed by atoms with Crippen molar-refractivity contribution in [3.05, 3.63) is 24.3 Å². The van der Waals surface area contributed by atoms with E-state index in [-0.39, 0.29) is 5.91 Å². The molecule has 0 aliphatic rings. The number of carbonyl (C=O) groups is 1. The minimum Gasteiger partial charge on any atom is -0.388 e. The number of nitrogens with one attached hydrogen (secondary N) is 2. The zero-order chi connectivity index (χ0) is 11.1. The molecule has 1 amide bonds. The molecule has 0 spiro atoms. The molecule has 3 nitrogen and oxygen atoms in total. The summed E-state index contributed by atoms with van der Waals surface area (Å²) in [4.78, 5) is 11.4. The summed E-state index contributed by atoms with van der Waals surface area (Å²) in [5.41, 5.74) is 1.89. The SMILES string of the molecule is CNc1ccc(NC(=O)CCSC)cc1. The van der Waals surface area contributed by atoms with Crippen molar-refractivity contribution in [3.8, 4) is 0 Å². The molecule has 0 atom stereocenters. The summed E-state index contributed by atoms with van der Waals surface area (Å²) in [5.74, 6) is 0.932. The van der Waals surface area contributed by atoms with Gasteiger partial charge >= 0.3 is 0 Å². The van der Waals surface area contributed by atoms with Crippen molar-refractivity contribution in [2.75, 3.05) is 29.7 Å². The molecule has 0 saturated heterocycles. The van der Waals surface area contributed by atoms with E-state index in [1.807, 2.05) is 37.6 Å². The number of rotatable bonds is 5. The van der Waals surface area contributed by atoms with Gasteiger partial charge in [0.25, 0.3) is 0 Å². The van der Waals surface area contributed by atoms with Crippen LogP contribution in [0.5, 0.6) is 0 Å². The van der Waals surface area contributed by atoms with E-state index in [4.69, 9.17) is 0 Å². The topological polar surface area (TPSA) is 41.1 Å². The van der Waals surface area contributed by atoms with Crippen LogP contribution < -0.4 is 10.6 Å². The van der Waals surface area contributed by atoms with Crippen LogP contribution in [0.4, 0.5) is 11.4 Å². The van der Waals surface area contributed by atoms with E-state index in [9.17, 15) is 4.79 Å². The Kier molecular flexibility index (Phi) is 5.04. The summed E-state index contributed by atoms with van der Waals surface area (Å²) in [5, 5.41) is 5.87. The lowest BCUT2D eigenvalue weighted by Gasteiger charge is -2.05. The average molecular weight is 224 g/mol. The minimum absolute atomic E-state index is 0.0709. The molecular weight excluding hydrogens is 208 g/mol. The summed E-state index contributed by atoms with van der Waals surface area (Å²) >= 11 is 1.68. The van der Waals surface area contributed by atoms with E-state index in [1.165, 1.54) is 0 Å². The molecular formula is C11H16N2OS. The van der Waals surface area contributed by atoms with Gasteiger partial charge in [-0.2, -0.15) is 11.8 Å². The first-order valence-corrected chi connectivity index (χ1v) is 6.22. The molecule has 0 aromatic heterocycles. The second-order valence-corrected chi connectivity index (χ2v) is 4.10. The summed E-state index contributed by atoms with van der Waals surface area (Å²) in [6, 6.07) is 7.65. The van der Waals surface area contributed by atoms with Crippen LogP contribution in [0.25, 0.3) is 0 Å². The third-order valence-corrected chi connectivity index (χ3v) is 2.60. The molecule has 0 unspecified atom stereocenters. The van der Waals surface area contributed by atoms with Gasteiger partial charge in [-0.25, -0.2) is 0 Å². The maximum Gasteiger partial charge on any atom is 0.225 e. The number of benzene rings is 1. The molecule has 15 heavy (non-hydrogen) atoms. The summed E-state index contributed by atoms with van der Waals surface area (Å²) in [6.07, 6.45) is 2.56. The maximum atomic E-state index is 11.4. The number of hydrogen-bond acceptors (Lipinski definition) is 3. The molecule has 1 aromatic rings. The second-order valence-electron chi connectivity index (χ2n) is 3.12. The lowest BCUT2D eigenvalue weighted by atomic mass is 10.2. The summed E-state index contributed by atoms with van der Waals surface area (Å²) < 4.78 is 0. The highest BCUT2D eigenvalue weighted by molar-refractivity contribution is 7.98. The average Bonchev–Trinajstić information content (AvgIpc) is 2.27. The predicted octanol–water partition coefficient (Wildman–Crippen LogP) is 2.42. The molecule has 0 aliphatic carbocycles. The Bertz CT molecular complexity index is 311. The Morgan fingerprint density at radius 2 is 1.87 bits per heavy atom. The number of amides is 1. The molecule has 82 valence electrons. The number of carbonyl (C=O) groups excluding carboxylic acids is 1. The predicted molar refractivity (Wildman–Crippen MR) is 67.6 cm³/mol. The molecule has 1 aromatic carbocycles. The fourth-order valence-electron chi connectivity index (χ4n) is 1.14. The summed E-state index contributed by atoms with van der Waals surface area (Å²) in [7, 11) is 1.87. The van der Waals surface area contributed by atoms with Crippen LogP contribution in [0, 0.1) is 0 Å². The highest BCUT2D eigenvalue weighted by Gasteiger charge is 2.00. The molecule has 0 radical (unpaired) electrons. The second kappa shape index (κ2) is 6.35. The Labute approximate surface area is 94.6 Å². The monoisotopic (exact) mass is 224 g/mol. The standard InChI is InChI=1S/C11H16N2OS/c1-12-9-3-5-10(6-4-9)13-11(14)7-8-15-2/h3-6,12H,7-8H2,1-2H3,(H,13,14). The molecule has 1 rings (SSSR count). The quantitative estimate of drug-likeness (QED) is 0.807. The van der Waals surface area contributed by atoms with Gasteiger partial charge in [-0.15, -0.1) is 0 Å². The molecule has 4 heteroatoms. The van der Waals surface area contributed by atoms with Gasteiger partial charge in [0.15, 0.2) is 0 Å². The van der Waals surface area contributed by atoms with Crippen LogP contribution in [0.1, 0.15) is 6.42 Å². The van der Waals surface area contributed by atoms with Crippen LogP contribution in [0.3, 0.4) is 0 Å². The zero-order valence-electron chi connectivity index (χ0n) is 9.04. The highest BCUT2D eigenvalue weighted by Crippen LogP contribution is 2.13. The van der Waals surface area contributed by atoms with Crippen molar-refractivity contribution in [1.82, 2.24) is 0 Å². The third-order valence-electron chi connectivity index (χ3n) is 1.99. The Balaban J connectivity index is 2.46. The first kappa shape index (κ1) is 11.9. The first-order valence-electron chi connectivity index (χ1n) is 4.83. The van der Waals surface area contributed by atoms with Crippen molar-refractivity contribution >= 4 is 29.0 Å². The zero-order valence-corrected chi connectivity index (χ0v) is 9.86. The van der Waals surface area contributed by atoms with E-state index >= 15 is 0 Å². The molecule has 0 heterocycles. The van der Waals surface area contributed by atoms with Crippen LogP contribution >= 0.6 is 11.8 Å². The van der Waals surface area contributed by atoms with Crippen molar-refractivity contribution in [1.29, 1.82) is 0 Å². The lowest BCUT2D eigenvalue weighted by molar-refractivity contribution is -0.115. The first-order chi connectivity index (χ1) is 7.26. The van der Waals surface area contributed by atoms with E-state index in [0.29, 0.717) is 6.42 Å². The number of hydrogen-bond donors (Lipinski definition) is 2. The Hall–Kier alpha value is -1.16. The Morgan fingerprint density at radius 1 is 1.27 bits per heavy atom. The van der Waals surface area contributed by atoms with Gasteiger partial charge in [-0.3, -0.25) is 4.79 Å². The van der Waals surface area contributed by atoms with Gasteiger partial charge < -0.3 is 10.6 Å². The van der Waals surface area contributed by atoms with Gasteiger partial charge in [-0.05, 0) is 30.5 Å². The fourth-order valence-corrected chi connectivity index (χ4v) is 1.53. The number of anilines is 2.